The zero-order valence-electron chi connectivity index (χ0n) is 15.3. The van der Waals surface area contributed by atoms with Gasteiger partial charge in [0.2, 0.25) is 10.0 Å². The Hall–Kier alpha value is -2.87. The number of rotatable bonds is 3. The molecule has 142 valence electrons. The van der Waals surface area contributed by atoms with Gasteiger partial charge in [-0.25, -0.2) is 8.42 Å². The number of sulfonamides is 1. The number of hydrogen-bond donors (Lipinski definition) is 2. The molecule has 8 heteroatoms. The molecule has 0 bridgehead atoms. The Morgan fingerprint density at radius 1 is 1.00 bits per heavy atom. The zero-order valence-corrected chi connectivity index (χ0v) is 16.1. The predicted molar refractivity (Wildman–Crippen MR) is 103 cm³/mol. The van der Waals surface area contributed by atoms with Crippen molar-refractivity contribution < 1.29 is 18.0 Å². The van der Waals surface area contributed by atoms with E-state index in [9.17, 15) is 18.0 Å². The normalized spacial score (nSPS) is 16.0. The number of hydrazine groups is 1. The summed E-state index contributed by atoms with van der Waals surface area (Å²) in [5.41, 5.74) is 7.96. The van der Waals surface area contributed by atoms with Crippen molar-refractivity contribution in [1.82, 2.24) is 10.9 Å². The first-order valence-electron chi connectivity index (χ1n) is 8.46. The van der Waals surface area contributed by atoms with E-state index in [0.717, 1.165) is 11.1 Å². The van der Waals surface area contributed by atoms with Crippen molar-refractivity contribution in [3.05, 3.63) is 64.7 Å². The van der Waals surface area contributed by atoms with Gasteiger partial charge in [-0.15, -0.1) is 0 Å². The molecule has 2 aromatic carbocycles. The van der Waals surface area contributed by atoms with Gasteiger partial charge in [0.25, 0.3) is 11.8 Å². The molecule has 0 saturated carbocycles. The van der Waals surface area contributed by atoms with Crippen LogP contribution in [0.4, 0.5) is 5.69 Å². The third-order valence-electron chi connectivity index (χ3n) is 4.46. The molecule has 0 radical (unpaired) electrons. The number of amides is 2. The zero-order chi connectivity index (χ0) is 19.8. The average Bonchev–Trinajstić information content (AvgIpc) is 2.94. The highest BCUT2D eigenvalue weighted by molar-refractivity contribution is 7.92. The number of benzene rings is 2. The summed E-state index contributed by atoms with van der Waals surface area (Å²) in [5, 5.41) is 0. The second-order valence-corrected chi connectivity index (χ2v) is 8.59. The van der Waals surface area contributed by atoms with Crippen LogP contribution in [0, 0.1) is 6.92 Å². The van der Waals surface area contributed by atoms with Gasteiger partial charge < -0.3 is 0 Å². The van der Waals surface area contributed by atoms with Crippen molar-refractivity contribution >= 4 is 27.5 Å². The average molecular weight is 387 g/mol. The number of hydrogen-bond acceptors (Lipinski definition) is 4. The number of nitrogens with one attached hydrogen (secondary N) is 2. The van der Waals surface area contributed by atoms with Crippen molar-refractivity contribution in [2.24, 2.45) is 0 Å². The molecule has 0 spiro atoms. The SMILES string of the molecule is Cc1ccc(C(=O)NNC(=O)c2ccc3c(c2)C[C@@H](C)N3S(C)(=O)=O)cc1. The van der Waals surface area contributed by atoms with Crippen molar-refractivity contribution in [2.75, 3.05) is 10.6 Å². The van der Waals surface area contributed by atoms with Crippen LogP contribution in [-0.4, -0.2) is 32.5 Å². The minimum absolute atomic E-state index is 0.199. The minimum Gasteiger partial charge on any atom is -0.267 e. The first kappa shape index (κ1) is 18.9. The quantitative estimate of drug-likeness (QED) is 0.785. The summed E-state index contributed by atoms with van der Waals surface area (Å²) in [7, 11) is -3.38. The van der Waals surface area contributed by atoms with Gasteiger partial charge in [0.1, 0.15) is 0 Å². The molecule has 0 fully saturated rings. The Kier molecular flexibility index (Phi) is 4.93. The molecule has 3 rings (SSSR count). The van der Waals surface area contributed by atoms with Crippen LogP contribution in [0.15, 0.2) is 42.5 Å². The molecule has 2 amide bonds. The van der Waals surface area contributed by atoms with Crippen LogP contribution in [0.5, 0.6) is 0 Å². The van der Waals surface area contributed by atoms with Gasteiger partial charge in [-0.2, -0.15) is 0 Å². The summed E-state index contributed by atoms with van der Waals surface area (Å²) in [6.07, 6.45) is 1.69. The van der Waals surface area contributed by atoms with E-state index in [4.69, 9.17) is 0 Å². The van der Waals surface area contributed by atoms with Gasteiger partial charge in [0.15, 0.2) is 0 Å². The van der Waals surface area contributed by atoms with Crippen LogP contribution >= 0.6 is 0 Å². The van der Waals surface area contributed by atoms with Crippen LogP contribution in [0.3, 0.4) is 0 Å². The molecule has 0 aromatic heterocycles. The van der Waals surface area contributed by atoms with E-state index < -0.39 is 21.8 Å². The van der Waals surface area contributed by atoms with Crippen LogP contribution in [0.25, 0.3) is 0 Å². The molecule has 1 heterocycles. The number of nitrogens with zero attached hydrogens (tertiary/aromatic N) is 1. The molecule has 0 aliphatic carbocycles. The summed E-state index contributed by atoms with van der Waals surface area (Å²) in [4.78, 5) is 24.4. The number of carbonyl (C=O) groups excluding carboxylic acids is 2. The Morgan fingerprint density at radius 3 is 2.15 bits per heavy atom. The summed E-state index contributed by atoms with van der Waals surface area (Å²) < 4.78 is 25.3. The Morgan fingerprint density at radius 2 is 1.56 bits per heavy atom. The molecule has 2 aromatic rings. The van der Waals surface area contributed by atoms with E-state index in [1.807, 2.05) is 26.0 Å². The third-order valence-corrected chi connectivity index (χ3v) is 5.73. The van der Waals surface area contributed by atoms with Gasteiger partial charge in [-0.1, -0.05) is 17.7 Å². The fourth-order valence-corrected chi connectivity index (χ4v) is 4.48. The lowest BCUT2D eigenvalue weighted by Gasteiger charge is -2.21. The van der Waals surface area contributed by atoms with E-state index in [-0.39, 0.29) is 6.04 Å². The molecule has 27 heavy (non-hydrogen) atoms. The Balaban J connectivity index is 1.71. The maximum atomic E-state index is 12.3. The molecular formula is C19H21N3O4S. The van der Waals surface area contributed by atoms with E-state index >= 15 is 0 Å². The van der Waals surface area contributed by atoms with Crippen LogP contribution in [0.1, 0.15) is 38.8 Å². The monoisotopic (exact) mass is 387 g/mol. The van der Waals surface area contributed by atoms with Gasteiger partial charge in [0, 0.05) is 17.2 Å². The number of fused-ring (bicyclic) bond motifs is 1. The molecule has 2 N–H and O–H groups in total. The summed E-state index contributed by atoms with van der Waals surface area (Å²) in [5.74, 6) is -0.884. The van der Waals surface area contributed by atoms with Crippen molar-refractivity contribution in [1.29, 1.82) is 0 Å². The Labute approximate surface area is 158 Å². The smallest absolute Gasteiger partial charge is 0.267 e. The van der Waals surface area contributed by atoms with E-state index in [1.165, 1.54) is 10.6 Å². The first-order valence-corrected chi connectivity index (χ1v) is 10.3. The number of aryl methyl sites for hydroxylation is 1. The maximum absolute atomic E-state index is 12.3. The third kappa shape index (κ3) is 3.95. The number of anilines is 1. The lowest BCUT2D eigenvalue weighted by molar-refractivity contribution is 0.0846. The van der Waals surface area contributed by atoms with E-state index in [1.54, 1.807) is 30.3 Å². The van der Waals surface area contributed by atoms with Crippen LogP contribution in [0.2, 0.25) is 0 Å². The Bertz CT molecular complexity index is 1000. The van der Waals surface area contributed by atoms with Gasteiger partial charge >= 0.3 is 0 Å². The standard InChI is InChI=1S/C19H21N3O4S/c1-12-4-6-14(7-5-12)18(23)20-21-19(24)15-8-9-17-16(11-15)10-13(2)22(17)27(3,25)26/h4-9,11,13H,10H2,1-3H3,(H,20,23)(H,21,24)/t13-/m1/s1. The van der Waals surface area contributed by atoms with E-state index in [0.29, 0.717) is 23.2 Å². The fourth-order valence-electron chi connectivity index (χ4n) is 3.21. The maximum Gasteiger partial charge on any atom is 0.269 e. The van der Waals surface area contributed by atoms with Crippen LogP contribution < -0.4 is 15.2 Å². The first-order chi connectivity index (χ1) is 12.7. The minimum atomic E-state index is -3.38. The largest absolute Gasteiger partial charge is 0.269 e. The lowest BCUT2D eigenvalue weighted by Crippen LogP contribution is -2.41. The summed E-state index contributed by atoms with van der Waals surface area (Å²) in [6, 6.07) is 11.6. The van der Waals surface area contributed by atoms with Crippen molar-refractivity contribution in [3.8, 4) is 0 Å². The molecule has 0 saturated heterocycles. The van der Waals surface area contributed by atoms with Crippen molar-refractivity contribution in [3.63, 3.8) is 0 Å². The molecule has 1 aliphatic rings. The molecular weight excluding hydrogens is 366 g/mol. The van der Waals surface area contributed by atoms with Gasteiger partial charge in [-0.05, 0) is 56.2 Å². The summed E-state index contributed by atoms with van der Waals surface area (Å²) in [6.45, 7) is 3.74. The topological polar surface area (TPSA) is 95.6 Å². The molecule has 1 atom stereocenters. The highest BCUT2D eigenvalue weighted by Crippen LogP contribution is 2.34. The van der Waals surface area contributed by atoms with Gasteiger partial charge in [0.05, 0.1) is 11.9 Å². The van der Waals surface area contributed by atoms with Gasteiger partial charge in [-0.3, -0.25) is 24.7 Å². The molecule has 1 aliphatic heterocycles. The second kappa shape index (κ2) is 7.03. The molecule has 0 unspecified atom stereocenters. The van der Waals surface area contributed by atoms with Crippen molar-refractivity contribution in [2.45, 2.75) is 26.3 Å². The number of carbonyl (C=O) groups is 2. The lowest BCUT2D eigenvalue weighted by atomic mass is 10.1. The highest BCUT2D eigenvalue weighted by atomic mass is 32.2. The highest BCUT2D eigenvalue weighted by Gasteiger charge is 2.32. The summed E-state index contributed by atoms with van der Waals surface area (Å²) >= 11 is 0. The van der Waals surface area contributed by atoms with E-state index in [2.05, 4.69) is 10.9 Å². The molecule has 7 nitrogen and oxygen atoms in total. The fraction of sp³-hybridized carbons (Fsp3) is 0.263. The van der Waals surface area contributed by atoms with Crippen LogP contribution in [-0.2, 0) is 16.4 Å². The predicted octanol–water partition coefficient (Wildman–Crippen LogP) is 1.78. The second-order valence-electron chi connectivity index (χ2n) is 6.73.